The van der Waals surface area contributed by atoms with Gasteiger partial charge in [0.15, 0.2) is 0 Å². The number of nitrogens with one attached hydrogen (secondary N) is 8. The molecule has 4 aliphatic carbocycles. The van der Waals surface area contributed by atoms with E-state index in [1.807, 2.05) is 0 Å². The minimum absolute atomic E-state index is 0.0220. The summed E-state index contributed by atoms with van der Waals surface area (Å²) in [5, 5.41) is 32.9. The Morgan fingerprint density at radius 2 is 0.605 bits per heavy atom. The van der Waals surface area contributed by atoms with Crippen molar-refractivity contribution >= 4 is 27.2 Å². The molecule has 9 fully saturated rings. The van der Waals surface area contributed by atoms with Crippen LogP contribution in [-0.4, -0.2) is 73.1 Å². The van der Waals surface area contributed by atoms with Crippen LogP contribution >= 0.6 is 9.64 Å². The second kappa shape index (κ2) is 13.2. The van der Waals surface area contributed by atoms with Crippen LogP contribution in [0.25, 0.3) is 0 Å². The molecule has 0 aromatic carbocycles. The number of hydrogen-bond acceptors (Lipinski definition) is 8. The molecule has 242 valence electrons. The average Bonchev–Trinajstić information content (AvgIpc) is 3.78. The Hall–Kier alpha value is 0.536. The van der Waals surface area contributed by atoms with E-state index in [2.05, 4.69) is 42.5 Å². The first-order valence-corrected chi connectivity index (χ1v) is 23.8. The van der Waals surface area contributed by atoms with Gasteiger partial charge < -0.3 is 0 Å². The molecule has 43 heavy (non-hydrogen) atoms. The maximum absolute atomic E-state index is 15.8. The van der Waals surface area contributed by atoms with Gasteiger partial charge in [-0.05, 0) is 92.8 Å². The first-order chi connectivity index (χ1) is 21.2. The Morgan fingerprint density at radius 3 is 0.930 bits per heavy atom. The van der Waals surface area contributed by atoms with Gasteiger partial charge in [0.2, 0.25) is 0 Å². The molecular formula is C32H57ClFGaN8. The Balaban J connectivity index is 0.00000136. The van der Waals surface area contributed by atoms with E-state index in [-0.39, 0.29) is 30.6 Å². The van der Waals surface area contributed by atoms with Crippen LogP contribution in [-0.2, 0) is 0 Å². The predicted octanol–water partition coefficient (Wildman–Crippen LogP) is 2.33. The second-order valence-electron chi connectivity index (χ2n) is 15.7. The first-order valence-electron chi connectivity index (χ1n) is 18.3. The van der Waals surface area contributed by atoms with Gasteiger partial charge in [-0.15, -0.1) is 0 Å². The van der Waals surface area contributed by atoms with Crippen LogP contribution in [0, 0.1) is 47.3 Å². The van der Waals surface area contributed by atoms with Crippen LogP contribution in [0.1, 0.15) is 96.3 Å². The van der Waals surface area contributed by atoms with Crippen molar-refractivity contribution in [3.8, 4) is 0 Å². The van der Waals surface area contributed by atoms with E-state index in [0.717, 1.165) is 19.3 Å². The molecule has 5 heterocycles. The van der Waals surface area contributed by atoms with Crippen molar-refractivity contribution in [2.45, 2.75) is 152 Å². The predicted molar refractivity (Wildman–Crippen MR) is 172 cm³/mol. The van der Waals surface area contributed by atoms with Gasteiger partial charge >= 0.3 is 27.2 Å². The molecule has 8 nitrogen and oxygen atoms in total. The minimum atomic E-state index is -0.721. The van der Waals surface area contributed by atoms with E-state index in [1.165, 1.54) is 77.0 Å². The SMILES string of the molecule is FC1CCCC2C3NC4NC(NC5NC(NC6NC(NC(N3)C12)C1CCCCC61)C1CCCCC51)C1CCCCC41.[Cl][GaH2]. The number of fused-ring (bicyclic) bond motifs is 20. The molecule has 11 heteroatoms. The van der Waals surface area contributed by atoms with Gasteiger partial charge in [0.05, 0.1) is 49.3 Å². The molecular weight excluding hydrogens is 621 g/mol. The summed E-state index contributed by atoms with van der Waals surface area (Å²) in [7, 11) is 4.83. The molecule has 9 rings (SSSR count). The molecule has 0 radical (unpaired) electrons. The Kier molecular flexibility index (Phi) is 9.47. The Bertz CT molecular complexity index is 966. The summed E-state index contributed by atoms with van der Waals surface area (Å²) in [4.78, 5) is 0. The number of hydrogen-bond donors (Lipinski definition) is 8. The van der Waals surface area contributed by atoms with Crippen molar-refractivity contribution in [3.63, 3.8) is 0 Å². The van der Waals surface area contributed by atoms with Crippen molar-refractivity contribution in [2.75, 3.05) is 0 Å². The van der Waals surface area contributed by atoms with Gasteiger partial charge in [0.25, 0.3) is 0 Å². The number of halogens is 2. The van der Waals surface area contributed by atoms with Gasteiger partial charge in [-0.2, -0.15) is 0 Å². The Morgan fingerprint density at radius 1 is 0.349 bits per heavy atom. The fourth-order valence-corrected chi connectivity index (χ4v) is 12.0. The molecule has 8 N–H and O–H groups in total. The van der Waals surface area contributed by atoms with Crippen molar-refractivity contribution in [3.05, 3.63) is 0 Å². The third-order valence-corrected chi connectivity index (χ3v) is 13.8. The zero-order valence-electron chi connectivity index (χ0n) is 26.2. The van der Waals surface area contributed by atoms with Gasteiger partial charge in [0, 0.05) is 5.92 Å². The van der Waals surface area contributed by atoms with Gasteiger partial charge in [0.1, 0.15) is 6.17 Å². The summed E-state index contributed by atoms with van der Waals surface area (Å²) in [6.45, 7) is 0. The number of alkyl halides is 1. The fourth-order valence-electron chi connectivity index (χ4n) is 12.0. The zero-order chi connectivity index (χ0) is 29.1. The summed E-state index contributed by atoms with van der Waals surface area (Å²) in [5.74, 6) is 4.36. The van der Waals surface area contributed by atoms with Crippen LogP contribution < -0.4 is 42.5 Å². The summed E-state index contributed by atoms with van der Waals surface area (Å²) in [6.07, 6.45) is 20.2. The Labute approximate surface area is 272 Å². The van der Waals surface area contributed by atoms with Crippen LogP contribution in [0.5, 0.6) is 0 Å². The van der Waals surface area contributed by atoms with Gasteiger partial charge in [-0.1, -0.05) is 44.9 Å². The van der Waals surface area contributed by atoms with Crippen molar-refractivity contribution in [1.82, 2.24) is 42.5 Å². The zero-order valence-corrected chi connectivity index (χ0v) is 31.1. The topological polar surface area (TPSA) is 96.2 Å². The fraction of sp³-hybridized carbons (Fsp3) is 1.00. The molecule has 5 saturated heterocycles. The molecule has 0 aromatic heterocycles. The standard InChI is InChI=1S/C32H55FN8.ClH.Ga.2H/c33-23-15-7-14-22-24(23)32-40-30-21-13-6-5-12-20(21)28(38-30)36-26-17-9-2-1-8-16(17)25(34-26)35-27-18-10-3-4-11-19(18)29(37-27)39-31(22)41-32;;;;/h16-32,34-41H,1-15H2;1H;;;/q;;+1;;/p-1. The monoisotopic (exact) mass is 676 g/mol. The summed E-state index contributed by atoms with van der Waals surface area (Å²) in [5.41, 5.74) is 0. The van der Waals surface area contributed by atoms with Crippen molar-refractivity contribution < 1.29 is 4.39 Å². The van der Waals surface area contributed by atoms with E-state index < -0.39 is 6.17 Å². The number of rotatable bonds is 0. The average molecular weight is 678 g/mol. The summed E-state index contributed by atoms with van der Waals surface area (Å²) >= 11 is 0.535. The third-order valence-electron chi connectivity index (χ3n) is 13.8. The van der Waals surface area contributed by atoms with E-state index in [0.29, 0.717) is 83.7 Å². The molecule has 0 spiro atoms. The molecule has 17 unspecified atom stereocenters. The summed E-state index contributed by atoms with van der Waals surface area (Å²) < 4.78 is 15.8. The molecule has 0 aromatic rings. The van der Waals surface area contributed by atoms with E-state index in [1.54, 1.807) is 0 Å². The maximum atomic E-state index is 15.8. The van der Waals surface area contributed by atoms with Gasteiger partial charge in [-0.3, -0.25) is 42.5 Å². The van der Waals surface area contributed by atoms with Crippen molar-refractivity contribution in [2.24, 2.45) is 47.3 Å². The van der Waals surface area contributed by atoms with Crippen molar-refractivity contribution in [1.29, 1.82) is 0 Å². The van der Waals surface area contributed by atoms with Crippen LogP contribution in [0.2, 0.25) is 0 Å². The van der Waals surface area contributed by atoms with Crippen LogP contribution in [0.4, 0.5) is 4.39 Å². The second-order valence-corrected chi connectivity index (χ2v) is 15.7. The molecule has 0 amide bonds. The molecule has 17 atom stereocenters. The van der Waals surface area contributed by atoms with Gasteiger partial charge in [-0.25, -0.2) is 4.39 Å². The molecule has 9 aliphatic rings. The van der Waals surface area contributed by atoms with Crippen LogP contribution in [0.3, 0.4) is 0 Å². The first kappa shape index (κ1) is 30.8. The van der Waals surface area contributed by atoms with E-state index in [4.69, 9.17) is 9.64 Å². The van der Waals surface area contributed by atoms with Crippen LogP contribution in [0.15, 0.2) is 0 Å². The van der Waals surface area contributed by atoms with E-state index in [9.17, 15) is 0 Å². The quantitative estimate of drug-likeness (QED) is 0.185. The molecule has 4 saturated carbocycles. The van der Waals surface area contributed by atoms with E-state index >= 15 is 4.39 Å². The molecule has 8 bridgehead atoms. The summed E-state index contributed by atoms with van der Waals surface area (Å²) in [6, 6.07) is 0. The third kappa shape index (κ3) is 5.62. The normalized spacial score (nSPS) is 55.7. The molecule has 5 aliphatic heterocycles.